The fourth-order valence-electron chi connectivity index (χ4n) is 2.97. The van der Waals surface area contributed by atoms with Crippen molar-refractivity contribution in [3.8, 4) is 35.2 Å². The Morgan fingerprint density at radius 1 is 1.23 bits per heavy atom. The number of anilines is 1. The van der Waals surface area contributed by atoms with Gasteiger partial charge >= 0.3 is 0 Å². The van der Waals surface area contributed by atoms with Crippen molar-refractivity contribution in [1.82, 2.24) is 14.9 Å². The fourth-order valence-corrected chi connectivity index (χ4v) is 3.26. The number of ether oxygens (including phenoxy) is 2. The van der Waals surface area contributed by atoms with E-state index in [2.05, 4.69) is 54.9 Å². The number of rotatable bonds is 4. The van der Waals surface area contributed by atoms with Gasteiger partial charge in [-0.05, 0) is 53.2 Å². The molecule has 2 aromatic rings. The molecule has 0 radical (unpaired) electrons. The zero-order chi connectivity index (χ0) is 21.5. The number of benzene rings is 1. The zero-order valence-electron chi connectivity index (χ0n) is 17.0. The van der Waals surface area contributed by atoms with Gasteiger partial charge in [-0.2, -0.15) is 0 Å². The second kappa shape index (κ2) is 10.00. The number of nitrogens with zero attached hydrogens (tertiary/aromatic N) is 3. The maximum absolute atomic E-state index is 11.9. The summed E-state index contributed by atoms with van der Waals surface area (Å²) in [4.78, 5) is 22.4. The molecular formula is C22H21BrN4O3. The van der Waals surface area contributed by atoms with E-state index in [1.165, 1.54) is 0 Å². The van der Waals surface area contributed by atoms with E-state index in [0.717, 1.165) is 12.0 Å². The minimum Gasteiger partial charge on any atom is -0.497 e. The number of carbonyl (C=O) groups excluding carboxylic acids is 1. The third-order valence-electron chi connectivity index (χ3n) is 4.46. The van der Waals surface area contributed by atoms with Gasteiger partial charge in [0.1, 0.15) is 17.2 Å². The largest absolute Gasteiger partial charge is 0.497 e. The monoisotopic (exact) mass is 468 g/mol. The summed E-state index contributed by atoms with van der Waals surface area (Å²) in [6, 6.07) is 5.51. The second-order valence-electron chi connectivity index (χ2n) is 6.50. The summed E-state index contributed by atoms with van der Waals surface area (Å²) in [5.74, 6) is 13.0. The first-order valence-corrected chi connectivity index (χ1v) is 10.1. The average Bonchev–Trinajstić information content (AvgIpc) is 3.22. The Bertz CT molecular complexity index is 1040. The van der Waals surface area contributed by atoms with Crippen LogP contribution in [0.15, 0.2) is 28.9 Å². The van der Waals surface area contributed by atoms with Gasteiger partial charge in [0.25, 0.3) is 5.91 Å². The molecule has 7 nitrogen and oxygen atoms in total. The zero-order valence-corrected chi connectivity index (χ0v) is 18.5. The molecular weight excluding hydrogens is 448 g/mol. The lowest BCUT2D eigenvalue weighted by Gasteiger charge is -2.14. The standard InChI is InChI=1S/C22H21BrN4O3/c1-4-5-21(28)27-9-8-16(14-27)25-22-24-13-19(23)20(26-22)7-6-15-10-17(29-2)12-18(11-15)30-3/h10-13,16H,8-9,14H2,1-3H3,(H,24,25,26). The van der Waals surface area contributed by atoms with E-state index in [9.17, 15) is 4.79 Å². The molecule has 1 amide bonds. The van der Waals surface area contributed by atoms with Crippen molar-refractivity contribution in [1.29, 1.82) is 0 Å². The Labute approximate surface area is 184 Å². The van der Waals surface area contributed by atoms with E-state index in [-0.39, 0.29) is 11.9 Å². The topological polar surface area (TPSA) is 76.6 Å². The SMILES string of the molecule is CC#CC(=O)N1CCC(Nc2ncc(Br)c(C#Cc3cc(OC)cc(OC)c3)n2)C1. The summed E-state index contributed by atoms with van der Waals surface area (Å²) in [5, 5.41) is 3.28. The van der Waals surface area contributed by atoms with Crippen LogP contribution in [-0.4, -0.2) is 54.1 Å². The molecule has 30 heavy (non-hydrogen) atoms. The van der Waals surface area contributed by atoms with Crippen LogP contribution < -0.4 is 14.8 Å². The van der Waals surface area contributed by atoms with Crippen LogP contribution in [0.2, 0.25) is 0 Å². The maximum Gasteiger partial charge on any atom is 0.298 e. The molecule has 2 heterocycles. The predicted octanol–water partition coefficient (Wildman–Crippen LogP) is 2.69. The molecule has 3 rings (SSSR count). The molecule has 1 N–H and O–H groups in total. The number of aromatic nitrogens is 2. The Morgan fingerprint density at radius 2 is 1.97 bits per heavy atom. The van der Waals surface area contributed by atoms with E-state index in [1.54, 1.807) is 38.3 Å². The molecule has 1 saturated heterocycles. The van der Waals surface area contributed by atoms with Crippen molar-refractivity contribution in [2.45, 2.75) is 19.4 Å². The number of halogens is 1. The number of hydrogen-bond donors (Lipinski definition) is 1. The lowest BCUT2D eigenvalue weighted by Crippen LogP contribution is -2.30. The van der Waals surface area contributed by atoms with Crippen LogP contribution in [0, 0.1) is 23.7 Å². The van der Waals surface area contributed by atoms with Gasteiger partial charge in [-0.3, -0.25) is 4.79 Å². The van der Waals surface area contributed by atoms with Gasteiger partial charge in [-0.15, -0.1) is 0 Å². The summed E-state index contributed by atoms with van der Waals surface area (Å²) in [6.07, 6.45) is 2.47. The Hall–Kier alpha value is -3.23. The molecule has 1 aliphatic heterocycles. The highest BCUT2D eigenvalue weighted by atomic mass is 79.9. The summed E-state index contributed by atoms with van der Waals surface area (Å²) < 4.78 is 11.2. The lowest BCUT2D eigenvalue weighted by atomic mass is 10.2. The number of nitrogens with one attached hydrogen (secondary N) is 1. The minimum atomic E-state index is -0.154. The van der Waals surface area contributed by atoms with Crippen molar-refractivity contribution >= 4 is 27.8 Å². The van der Waals surface area contributed by atoms with Gasteiger partial charge in [0.05, 0.1) is 18.7 Å². The number of hydrogen-bond acceptors (Lipinski definition) is 6. The van der Waals surface area contributed by atoms with E-state index < -0.39 is 0 Å². The molecule has 1 atom stereocenters. The highest BCUT2D eigenvalue weighted by Gasteiger charge is 2.25. The smallest absolute Gasteiger partial charge is 0.298 e. The number of methoxy groups -OCH3 is 2. The molecule has 0 saturated carbocycles. The molecule has 1 aliphatic rings. The first-order valence-electron chi connectivity index (χ1n) is 9.28. The first-order chi connectivity index (χ1) is 14.5. The fraction of sp³-hybridized carbons (Fsp3) is 0.318. The van der Waals surface area contributed by atoms with Crippen LogP contribution in [0.4, 0.5) is 5.95 Å². The van der Waals surface area contributed by atoms with Crippen LogP contribution in [0.3, 0.4) is 0 Å². The van der Waals surface area contributed by atoms with Crippen LogP contribution in [0.1, 0.15) is 24.6 Å². The summed E-state index contributed by atoms with van der Waals surface area (Å²) in [6.45, 7) is 2.88. The van der Waals surface area contributed by atoms with Gasteiger partial charge in [-0.25, -0.2) is 9.97 Å². The summed E-state index contributed by atoms with van der Waals surface area (Å²) in [5.41, 5.74) is 1.30. The number of likely N-dealkylation sites (tertiary alicyclic amines) is 1. The van der Waals surface area contributed by atoms with Gasteiger partial charge in [0.2, 0.25) is 5.95 Å². The third kappa shape index (κ3) is 5.43. The molecule has 0 bridgehead atoms. The van der Waals surface area contributed by atoms with Crippen LogP contribution >= 0.6 is 15.9 Å². The van der Waals surface area contributed by atoms with Crippen molar-refractivity contribution < 1.29 is 14.3 Å². The Morgan fingerprint density at radius 3 is 2.63 bits per heavy atom. The Kier molecular flexibility index (Phi) is 7.16. The summed E-state index contributed by atoms with van der Waals surface area (Å²) >= 11 is 3.45. The lowest BCUT2D eigenvalue weighted by molar-refractivity contribution is -0.124. The minimum absolute atomic E-state index is 0.0669. The molecule has 1 unspecified atom stereocenters. The highest BCUT2D eigenvalue weighted by molar-refractivity contribution is 9.10. The third-order valence-corrected chi connectivity index (χ3v) is 5.04. The predicted molar refractivity (Wildman–Crippen MR) is 117 cm³/mol. The normalized spacial score (nSPS) is 14.8. The van der Waals surface area contributed by atoms with E-state index in [1.807, 2.05) is 12.1 Å². The summed E-state index contributed by atoms with van der Waals surface area (Å²) in [7, 11) is 3.19. The molecule has 8 heteroatoms. The van der Waals surface area contributed by atoms with Crippen LogP contribution in [0.25, 0.3) is 0 Å². The van der Waals surface area contributed by atoms with E-state index in [4.69, 9.17) is 9.47 Å². The van der Waals surface area contributed by atoms with Crippen LogP contribution in [0.5, 0.6) is 11.5 Å². The second-order valence-corrected chi connectivity index (χ2v) is 7.35. The van der Waals surface area contributed by atoms with Crippen molar-refractivity contribution in [2.24, 2.45) is 0 Å². The molecule has 0 aliphatic carbocycles. The van der Waals surface area contributed by atoms with Gasteiger partial charge in [0, 0.05) is 37.0 Å². The first kappa shape index (κ1) is 21.5. The number of amides is 1. The highest BCUT2D eigenvalue weighted by Crippen LogP contribution is 2.22. The van der Waals surface area contributed by atoms with Crippen molar-refractivity contribution in [3.05, 3.63) is 40.1 Å². The maximum atomic E-state index is 11.9. The Balaban J connectivity index is 1.75. The molecule has 154 valence electrons. The van der Waals surface area contributed by atoms with E-state index >= 15 is 0 Å². The average molecular weight is 469 g/mol. The van der Waals surface area contributed by atoms with Crippen molar-refractivity contribution in [2.75, 3.05) is 32.6 Å². The molecule has 1 aromatic carbocycles. The van der Waals surface area contributed by atoms with Gasteiger partial charge in [-0.1, -0.05) is 11.8 Å². The molecule has 0 spiro atoms. The van der Waals surface area contributed by atoms with Gasteiger partial charge in [0.15, 0.2) is 0 Å². The quantitative estimate of drug-likeness (QED) is 0.695. The number of carbonyl (C=O) groups is 1. The molecule has 1 fully saturated rings. The van der Waals surface area contributed by atoms with Gasteiger partial charge < -0.3 is 19.7 Å². The van der Waals surface area contributed by atoms with Crippen molar-refractivity contribution in [3.63, 3.8) is 0 Å². The van der Waals surface area contributed by atoms with E-state index in [0.29, 0.717) is 40.7 Å². The molecule has 1 aromatic heterocycles. The van der Waals surface area contributed by atoms with Crippen LogP contribution in [-0.2, 0) is 4.79 Å².